The van der Waals surface area contributed by atoms with Crippen molar-refractivity contribution in [3.05, 3.63) is 0 Å². The van der Waals surface area contributed by atoms with Crippen LogP contribution in [0.5, 0.6) is 0 Å². The molecule has 1 heterocycles. The van der Waals surface area contributed by atoms with Crippen LogP contribution in [0.25, 0.3) is 0 Å². The summed E-state index contributed by atoms with van der Waals surface area (Å²) in [5.74, 6) is -0.804. The summed E-state index contributed by atoms with van der Waals surface area (Å²) >= 11 is 0. The van der Waals surface area contributed by atoms with Crippen LogP contribution in [-0.2, 0) is 9.59 Å². The predicted octanol–water partition coefficient (Wildman–Crippen LogP) is 0.453. The molecule has 0 spiro atoms. The molecule has 1 amide bonds. The Bertz CT molecular complexity index is 307. The van der Waals surface area contributed by atoms with Crippen molar-refractivity contribution in [2.75, 3.05) is 26.2 Å². The van der Waals surface area contributed by atoms with Crippen LogP contribution < -0.4 is 5.32 Å². The molecule has 5 nitrogen and oxygen atoms in total. The molecule has 1 saturated heterocycles. The molecule has 0 radical (unpaired) electrons. The van der Waals surface area contributed by atoms with E-state index in [2.05, 4.69) is 10.2 Å². The standard InChI is InChI=1S/C12H20N2O3/c15-10(3-8-14-6-1-2-7-14)13-9-12(4-5-12)11(16)17/h1-9H2,(H,13,15)(H,16,17). The highest BCUT2D eigenvalue weighted by Gasteiger charge is 2.50. The third-order valence-electron chi connectivity index (χ3n) is 3.78. The van der Waals surface area contributed by atoms with Gasteiger partial charge in [0.05, 0.1) is 5.41 Å². The van der Waals surface area contributed by atoms with Gasteiger partial charge in [-0.05, 0) is 38.8 Å². The van der Waals surface area contributed by atoms with Crippen molar-refractivity contribution in [2.24, 2.45) is 5.41 Å². The van der Waals surface area contributed by atoms with E-state index in [1.807, 2.05) is 0 Å². The van der Waals surface area contributed by atoms with Crippen molar-refractivity contribution in [3.63, 3.8) is 0 Å². The molecule has 96 valence electrons. The summed E-state index contributed by atoms with van der Waals surface area (Å²) in [7, 11) is 0. The number of amides is 1. The molecule has 2 rings (SSSR count). The van der Waals surface area contributed by atoms with E-state index >= 15 is 0 Å². The first-order valence-electron chi connectivity index (χ1n) is 6.35. The van der Waals surface area contributed by atoms with E-state index in [0.29, 0.717) is 25.8 Å². The van der Waals surface area contributed by atoms with Crippen LogP contribution in [0.2, 0.25) is 0 Å². The van der Waals surface area contributed by atoms with Gasteiger partial charge in [-0.2, -0.15) is 0 Å². The number of nitrogens with zero attached hydrogens (tertiary/aromatic N) is 1. The van der Waals surface area contributed by atoms with Gasteiger partial charge >= 0.3 is 5.97 Å². The van der Waals surface area contributed by atoms with Gasteiger partial charge in [-0.1, -0.05) is 0 Å². The van der Waals surface area contributed by atoms with Gasteiger partial charge in [0.2, 0.25) is 5.91 Å². The zero-order valence-electron chi connectivity index (χ0n) is 10.1. The lowest BCUT2D eigenvalue weighted by atomic mass is 10.1. The summed E-state index contributed by atoms with van der Waals surface area (Å²) < 4.78 is 0. The first kappa shape index (κ1) is 12.4. The monoisotopic (exact) mass is 240 g/mol. The largest absolute Gasteiger partial charge is 0.481 e. The van der Waals surface area contributed by atoms with Gasteiger partial charge < -0.3 is 15.3 Å². The first-order chi connectivity index (χ1) is 8.12. The fourth-order valence-electron chi connectivity index (χ4n) is 2.24. The van der Waals surface area contributed by atoms with Crippen molar-refractivity contribution in [1.29, 1.82) is 0 Å². The number of carboxylic acid groups (broad SMARTS) is 1. The lowest BCUT2D eigenvalue weighted by molar-refractivity contribution is -0.143. The van der Waals surface area contributed by atoms with Crippen LogP contribution in [0.3, 0.4) is 0 Å². The van der Waals surface area contributed by atoms with Gasteiger partial charge in [-0.3, -0.25) is 9.59 Å². The van der Waals surface area contributed by atoms with Crippen LogP contribution in [0, 0.1) is 5.41 Å². The van der Waals surface area contributed by atoms with E-state index in [0.717, 1.165) is 19.6 Å². The highest BCUT2D eigenvalue weighted by molar-refractivity contribution is 5.80. The number of aliphatic carboxylic acids is 1. The number of carboxylic acids is 1. The highest BCUT2D eigenvalue weighted by Crippen LogP contribution is 2.45. The van der Waals surface area contributed by atoms with Crippen LogP contribution in [0.15, 0.2) is 0 Å². The number of hydrogen-bond acceptors (Lipinski definition) is 3. The summed E-state index contributed by atoms with van der Waals surface area (Å²) in [4.78, 5) is 24.8. The van der Waals surface area contributed by atoms with Crippen molar-refractivity contribution in [1.82, 2.24) is 10.2 Å². The third-order valence-corrected chi connectivity index (χ3v) is 3.78. The molecule has 0 aromatic heterocycles. The number of nitrogens with one attached hydrogen (secondary N) is 1. The predicted molar refractivity (Wildman–Crippen MR) is 62.6 cm³/mol. The summed E-state index contributed by atoms with van der Waals surface area (Å²) in [6, 6.07) is 0. The number of carbonyl (C=O) groups is 2. The number of hydrogen-bond donors (Lipinski definition) is 2. The minimum atomic E-state index is -0.780. The minimum Gasteiger partial charge on any atom is -0.481 e. The molecular formula is C12H20N2O3. The molecule has 0 atom stereocenters. The molecule has 1 aliphatic heterocycles. The lowest BCUT2D eigenvalue weighted by Crippen LogP contribution is -2.35. The van der Waals surface area contributed by atoms with Crippen LogP contribution in [0.4, 0.5) is 0 Å². The average molecular weight is 240 g/mol. The maximum atomic E-state index is 11.6. The van der Waals surface area contributed by atoms with Crippen molar-refractivity contribution >= 4 is 11.9 Å². The highest BCUT2D eigenvalue weighted by atomic mass is 16.4. The van der Waals surface area contributed by atoms with Crippen LogP contribution in [-0.4, -0.2) is 48.1 Å². The normalized spacial score (nSPS) is 22.4. The fourth-order valence-corrected chi connectivity index (χ4v) is 2.24. The Morgan fingerprint density at radius 3 is 2.41 bits per heavy atom. The van der Waals surface area contributed by atoms with E-state index in [4.69, 9.17) is 5.11 Å². The Labute approximate surface area is 101 Å². The first-order valence-corrected chi connectivity index (χ1v) is 6.35. The SMILES string of the molecule is O=C(CCN1CCCC1)NCC1(C(=O)O)CC1. The van der Waals surface area contributed by atoms with E-state index < -0.39 is 11.4 Å². The molecule has 1 aliphatic carbocycles. The topological polar surface area (TPSA) is 69.6 Å². The minimum absolute atomic E-state index is 0.0237. The van der Waals surface area contributed by atoms with Crippen molar-refractivity contribution < 1.29 is 14.7 Å². The molecular weight excluding hydrogens is 220 g/mol. The molecule has 0 aromatic rings. The van der Waals surface area contributed by atoms with Crippen molar-refractivity contribution in [3.8, 4) is 0 Å². The summed E-state index contributed by atoms with van der Waals surface area (Å²) in [5.41, 5.74) is -0.649. The Morgan fingerprint density at radius 2 is 1.88 bits per heavy atom. The lowest BCUT2D eigenvalue weighted by Gasteiger charge is -2.15. The van der Waals surface area contributed by atoms with Crippen molar-refractivity contribution in [2.45, 2.75) is 32.1 Å². The Hall–Kier alpha value is -1.10. The second-order valence-corrected chi connectivity index (χ2v) is 5.16. The van der Waals surface area contributed by atoms with Crippen LogP contribution in [0.1, 0.15) is 32.1 Å². The third kappa shape index (κ3) is 3.19. The van der Waals surface area contributed by atoms with Gasteiger partial charge in [0.1, 0.15) is 0 Å². The smallest absolute Gasteiger partial charge is 0.311 e. The average Bonchev–Trinajstić information content (AvgIpc) is 2.93. The summed E-state index contributed by atoms with van der Waals surface area (Å²) in [5, 5.41) is 11.7. The van der Waals surface area contributed by atoms with Gasteiger partial charge in [-0.15, -0.1) is 0 Å². The van der Waals surface area contributed by atoms with E-state index in [-0.39, 0.29) is 5.91 Å². The number of likely N-dealkylation sites (tertiary alicyclic amines) is 1. The molecule has 0 bridgehead atoms. The second-order valence-electron chi connectivity index (χ2n) is 5.16. The van der Waals surface area contributed by atoms with Gasteiger partial charge in [0.15, 0.2) is 0 Å². The Kier molecular flexibility index (Phi) is 3.66. The Morgan fingerprint density at radius 1 is 1.24 bits per heavy atom. The molecule has 2 N–H and O–H groups in total. The van der Waals surface area contributed by atoms with Crippen LogP contribution >= 0.6 is 0 Å². The molecule has 1 saturated carbocycles. The molecule has 5 heteroatoms. The number of carbonyl (C=O) groups excluding carboxylic acids is 1. The molecule has 0 unspecified atom stereocenters. The maximum Gasteiger partial charge on any atom is 0.311 e. The summed E-state index contributed by atoms with van der Waals surface area (Å²) in [6.45, 7) is 3.27. The molecule has 0 aromatic carbocycles. The van der Waals surface area contributed by atoms with E-state index in [9.17, 15) is 9.59 Å². The zero-order chi connectivity index (χ0) is 12.3. The van der Waals surface area contributed by atoms with Gasteiger partial charge in [0, 0.05) is 19.5 Å². The van der Waals surface area contributed by atoms with Gasteiger partial charge in [-0.25, -0.2) is 0 Å². The van der Waals surface area contributed by atoms with E-state index in [1.165, 1.54) is 12.8 Å². The summed E-state index contributed by atoms with van der Waals surface area (Å²) in [6.07, 6.45) is 4.31. The molecule has 2 fully saturated rings. The Balaban J connectivity index is 1.62. The maximum absolute atomic E-state index is 11.6. The number of rotatable bonds is 6. The fraction of sp³-hybridized carbons (Fsp3) is 0.833. The van der Waals surface area contributed by atoms with E-state index in [1.54, 1.807) is 0 Å². The molecule has 2 aliphatic rings. The quantitative estimate of drug-likeness (QED) is 0.707. The van der Waals surface area contributed by atoms with Gasteiger partial charge in [0.25, 0.3) is 0 Å². The zero-order valence-corrected chi connectivity index (χ0v) is 10.1. The molecule has 17 heavy (non-hydrogen) atoms. The second kappa shape index (κ2) is 5.04.